The molecule has 1 aromatic heterocycles. The van der Waals surface area contributed by atoms with E-state index in [0.29, 0.717) is 37.2 Å². The van der Waals surface area contributed by atoms with Gasteiger partial charge in [-0.3, -0.25) is 9.59 Å². The van der Waals surface area contributed by atoms with Gasteiger partial charge in [-0.05, 0) is 52.8 Å². The molecule has 2 amide bonds. The molecule has 2 aromatic rings. The SMILES string of the molecule is CN(CC1=C(C#N)c2ccccc2C1)C(=O)/C=C/c1cnc2c(c1)CCC(=O)N2. The van der Waals surface area contributed by atoms with Gasteiger partial charge >= 0.3 is 0 Å². The molecule has 0 unspecified atom stereocenters. The average molecular weight is 384 g/mol. The van der Waals surface area contributed by atoms with E-state index in [1.165, 1.54) is 6.08 Å². The second-order valence-electron chi connectivity index (χ2n) is 7.28. The van der Waals surface area contributed by atoms with E-state index < -0.39 is 0 Å². The van der Waals surface area contributed by atoms with Crippen LogP contribution in [0.3, 0.4) is 0 Å². The van der Waals surface area contributed by atoms with Crippen molar-refractivity contribution in [2.24, 2.45) is 0 Å². The third kappa shape index (κ3) is 3.81. The lowest BCUT2D eigenvalue weighted by atomic mass is 10.0. The largest absolute Gasteiger partial charge is 0.338 e. The summed E-state index contributed by atoms with van der Waals surface area (Å²) in [5.74, 6) is 0.431. The van der Waals surface area contributed by atoms with Gasteiger partial charge in [0.2, 0.25) is 11.8 Å². The van der Waals surface area contributed by atoms with Crippen molar-refractivity contribution in [3.8, 4) is 6.07 Å². The van der Waals surface area contributed by atoms with E-state index >= 15 is 0 Å². The minimum absolute atomic E-state index is 0.0230. The van der Waals surface area contributed by atoms with Crippen molar-refractivity contribution in [3.63, 3.8) is 0 Å². The molecule has 1 aromatic carbocycles. The van der Waals surface area contributed by atoms with Crippen LogP contribution in [0.2, 0.25) is 0 Å². The number of likely N-dealkylation sites (N-methyl/N-ethyl adjacent to an activating group) is 1. The van der Waals surface area contributed by atoms with Gasteiger partial charge in [0, 0.05) is 32.3 Å². The molecule has 29 heavy (non-hydrogen) atoms. The van der Waals surface area contributed by atoms with Crippen LogP contribution in [0.15, 0.2) is 48.2 Å². The number of aryl methyl sites for hydroxylation is 1. The summed E-state index contributed by atoms with van der Waals surface area (Å²) in [6, 6.07) is 12.1. The standard InChI is InChI=1S/C23H20N4O2/c1-27(14-18-11-16-4-2-3-5-19(16)20(18)12-24)22(29)9-6-15-10-17-7-8-21(28)26-23(17)25-13-15/h2-6,9-10,13H,7-8,11,14H2,1H3,(H,25,26,28)/b9-6+. The monoisotopic (exact) mass is 384 g/mol. The summed E-state index contributed by atoms with van der Waals surface area (Å²) in [5.41, 5.74) is 5.51. The first kappa shape index (κ1) is 18.6. The van der Waals surface area contributed by atoms with Crippen LogP contribution in [0.4, 0.5) is 5.82 Å². The molecule has 6 nitrogen and oxygen atoms in total. The molecule has 0 saturated heterocycles. The van der Waals surface area contributed by atoms with Crippen molar-refractivity contribution in [3.05, 3.63) is 70.4 Å². The Morgan fingerprint density at radius 3 is 2.97 bits per heavy atom. The molecule has 144 valence electrons. The molecule has 0 atom stereocenters. The number of amides is 2. The fourth-order valence-electron chi connectivity index (χ4n) is 3.73. The lowest BCUT2D eigenvalue weighted by Gasteiger charge is -2.17. The fourth-order valence-corrected chi connectivity index (χ4v) is 3.73. The van der Waals surface area contributed by atoms with Gasteiger partial charge in [0.1, 0.15) is 5.82 Å². The number of rotatable bonds is 4. The Morgan fingerprint density at radius 1 is 1.31 bits per heavy atom. The maximum Gasteiger partial charge on any atom is 0.246 e. The Morgan fingerprint density at radius 2 is 2.14 bits per heavy atom. The predicted octanol–water partition coefficient (Wildman–Crippen LogP) is 2.97. The molecule has 0 bridgehead atoms. The molecule has 1 aliphatic carbocycles. The van der Waals surface area contributed by atoms with Gasteiger partial charge in [0.05, 0.1) is 11.6 Å². The van der Waals surface area contributed by atoms with Crippen molar-refractivity contribution in [2.75, 3.05) is 18.9 Å². The normalized spacial score (nSPS) is 15.0. The Hall–Kier alpha value is -3.72. The summed E-state index contributed by atoms with van der Waals surface area (Å²) in [4.78, 5) is 29.9. The zero-order valence-corrected chi connectivity index (χ0v) is 16.1. The first-order valence-electron chi connectivity index (χ1n) is 9.47. The third-order valence-corrected chi connectivity index (χ3v) is 5.25. The van der Waals surface area contributed by atoms with Crippen LogP contribution in [0.1, 0.15) is 28.7 Å². The van der Waals surface area contributed by atoms with Crippen LogP contribution in [0.25, 0.3) is 11.6 Å². The van der Waals surface area contributed by atoms with E-state index in [-0.39, 0.29) is 11.8 Å². The van der Waals surface area contributed by atoms with Crippen LogP contribution >= 0.6 is 0 Å². The van der Waals surface area contributed by atoms with E-state index in [1.54, 1.807) is 24.2 Å². The van der Waals surface area contributed by atoms with Crippen LogP contribution < -0.4 is 5.32 Å². The highest BCUT2D eigenvalue weighted by Gasteiger charge is 2.22. The molecule has 2 aliphatic rings. The van der Waals surface area contributed by atoms with Crippen molar-refractivity contribution in [2.45, 2.75) is 19.3 Å². The number of benzene rings is 1. The third-order valence-electron chi connectivity index (χ3n) is 5.25. The smallest absolute Gasteiger partial charge is 0.246 e. The lowest BCUT2D eigenvalue weighted by Crippen LogP contribution is -2.27. The van der Waals surface area contributed by atoms with Crippen molar-refractivity contribution < 1.29 is 9.59 Å². The number of aromatic nitrogens is 1. The number of carbonyl (C=O) groups excluding carboxylic acids is 2. The van der Waals surface area contributed by atoms with Crippen LogP contribution in [-0.4, -0.2) is 35.3 Å². The Balaban J connectivity index is 1.44. The molecule has 4 rings (SSSR count). The number of nitrogens with one attached hydrogen (secondary N) is 1. The first-order chi connectivity index (χ1) is 14.0. The van der Waals surface area contributed by atoms with Crippen molar-refractivity contribution in [1.29, 1.82) is 5.26 Å². The van der Waals surface area contributed by atoms with Crippen LogP contribution in [0.5, 0.6) is 0 Å². The van der Waals surface area contributed by atoms with Gasteiger partial charge in [-0.1, -0.05) is 24.3 Å². The van der Waals surface area contributed by atoms with Gasteiger partial charge in [-0.2, -0.15) is 5.26 Å². The van der Waals surface area contributed by atoms with Gasteiger partial charge in [-0.15, -0.1) is 0 Å². The molecule has 0 saturated carbocycles. The molecule has 1 aliphatic heterocycles. The summed E-state index contributed by atoms with van der Waals surface area (Å²) in [7, 11) is 1.73. The Kier molecular flexibility index (Phi) is 4.96. The van der Waals surface area contributed by atoms with Gasteiger partial charge in [-0.25, -0.2) is 4.98 Å². The van der Waals surface area contributed by atoms with E-state index in [1.807, 2.05) is 30.3 Å². The molecular weight excluding hydrogens is 364 g/mol. The summed E-state index contributed by atoms with van der Waals surface area (Å²) >= 11 is 0. The highest BCUT2D eigenvalue weighted by Crippen LogP contribution is 2.32. The second kappa shape index (κ2) is 7.72. The lowest BCUT2D eigenvalue weighted by molar-refractivity contribution is -0.124. The van der Waals surface area contributed by atoms with Crippen LogP contribution in [-0.2, 0) is 22.4 Å². The number of allylic oxidation sites excluding steroid dienone is 1. The van der Waals surface area contributed by atoms with E-state index in [0.717, 1.165) is 27.8 Å². The van der Waals surface area contributed by atoms with Gasteiger partial charge in [0.25, 0.3) is 0 Å². The minimum Gasteiger partial charge on any atom is -0.338 e. The Bertz CT molecular complexity index is 1110. The first-order valence-corrected chi connectivity index (χ1v) is 9.47. The highest BCUT2D eigenvalue weighted by molar-refractivity contribution is 5.94. The summed E-state index contributed by atoms with van der Waals surface area (Å²) in [6.07, 6.45) is 6.67. The molecule has 2 heterocycles. The quantitative estimate of drug-likeness (QED) is 0.821. The van der Waals surface area contributed by atoms with Crippen molar-refractivity contribution >= 4 is 29.3 Å². The maximum atomic E-state index is 12.6. The van der Waals surface area contributed by atoms with E-state index in [4.69, 9.17) is 0 Å². The van der Waals surface area contributed by atoms with E-state index in [2.05, 4.69) is 16.4 Å². The zero-order valence-electron chi connectivity index (χ0n) is 16.1. The zero-order chi connectivity index (χ0) is 20.4. The highest BCUT2D eigenvalue weighted by atomic mass is 16.2. The minimum atomic E-state index is -0.142. The topological polar surface area (TPSA) is 86.1 Å². The number of nitrogens with zero attached hydrogens (tertiary/aromatic N) is 3. The summed E-state index contributed by atoms with van der Waals surface area (Å²) in [5, 5.41) is 12.3. The predicted molar refractivity (Wildman–Crippen MR) is 111 cm³/mol. The number of hydrogen-bond donors (Lipinski definition) is 1. The van der Waals surface area contributed by atoms with Gasteiger partial charge in [0.15, 0.2) is 0 Å². The van der Waals surface area contributed by atoms with E-state index in [9.17, 15) is 14.9 Å². The number of carbonyl (C=O) groups is 2. The number of nitriles is 1. The average Bonchev–Trinajstić information content (AvgIpc) is 3.08. The number of hydrogen-bond acceptors (Lipinski definition) is 4. The second-order valence-corrected chi connectivity index (χ2v) is 7.28. The van der Waals surface area contributed by atoms with Crippen LogP contribution in [0, 0.1) is 11.3 Å². The molecule has 0 spiro atoms. The summed E-state index contributed by atoms with van der Waals surface area (Å²) in [6.45, 7) is 0.412. The molecule has 6 heteroatoms. The van der Waals surface area contributed by atoms with Gasteiger partial charge < -0.3 is 10.2 Å². The maximum absolute atomic E-state index is 12.6. The number of pyridine rings is 1. The fraction of sp³-hybridized carbons (Fsp3) is 0.217. The molecule has 1 N–H and O–H groups in total. The molecule has 0 fully saturated rings. The number of fused-ring (bicyclic) bond motifs is 2. The number of anilines is 1. The Labute approximate surface area is 169 Å². The molecular formula is C23H20N4O2. The van der Waals surface area contributed by atoms with Crippen molar-refractivity contribution in [1.82, 2.24) is 9.88 Å². The summed E-state index contributed by atoms with van der Waals surface area (Å²) < 4.78 is 0. The molecule has 0 radical (unpaired) electrons.